The lowest BCUT2D eigenvalue weighted by molar-refractivity contribution is -0.0328. The Morgan fingerprint density at radius 1 is 1.06 bits per heavy atom. The molecule has 0 aliphatic carbocycles. The molecule has 4 nitrogen and oxygen atoms in total. The summed E-state index contributed by atoms with van der Waals surface area (Å²) in [5, 5.41) is 11.1. The van der Waals surface area contributed by atoms with Gasteiger partial charge in [0.15, 0.2) is 0 Å². The van der Waals surface area contributed by atoms with E-state index in [0.717, 1.165) is 36.5 Å². The van der Waals surface area contributed by atoms with E-state index in [9.17, 15) is 35.5 Å². The average molecular weight is 485 g/mol. The summed E-state index contributed by atoms with van der Waals surface area (Å²) in [5.41, 5.74) is -7.08. The number of carbonyl (C=O) groups is 1. The highest BCUT2D eigenvalue weighted by Gasteiger charge is 2.31. The summed E-state index contributed by atoms with van der Waals surface area (Å²) >= 11 is -0.584. The second kappa shape index (κ2) is 9.50. The Kier molecular flexibility index (Phi) is 6.92. The first-order chi connectivity index (χ1) is 15.5. The Labute approximate surface area is 186 Å². The van der Waals surface area contributed by atoms with Crippen LogP contribution in [0.3, 0.4) is 0 Å². The molecule has 1 amide bonds. The van der Waals surface area contributed by atoms with Crippen molar-refractivity contribution < 1.29 is 35.5 Å². The summed E-state index contributed by atoms with van der Waals surface area (Å²) in [6.07, 6.45) is -2.01. The molecule has 0 spiro atoms. The van der Waals surface area contributed by atoms with E-state index in [0.29, 0.717) is 12.1 Å². The van der Waals surface area contributed by atoms with Gasteiger partial charge in [-0.2, -0.15) is 18.4 Å². The molecule has 0 saturated carbocycles. The van der Waals surface area contributed by atoms with Crippen LogP contribution in [0.1, 0.15) is 28.0 Å². The summed E-state index contributed by atoms with van der Waals surface area (Å²) in [7, 11) is 0. The fourth-order valence-electron chi connectivity index (χ4n) is 2.79. The maximum Gasteiger partial charge on any atom is 0.446 e. The second-order valence-electron chi connectivity index (χ2n) is 6.41. The molecule has 0 unspecified atom stereocenters. The Balaban J connectivity index is 1.92. The van der Waals surface area contributed by atoms with Crippen LogP contribution in [0, 0.1) is 23.0 Å². The average Bonchev–Trinajstić information content (AvgIpc) is 2.72. The molecular weight excluding hydrogens is 475 g/mol. The fraction of sp³-hybridized carbons (Fsp3) is 0.0952. The van der Waals surface area contributed by atoms with Crippen molar-refractivity contribution >= 4 is 23.4 Å². The zero-order chi connectivity index (χ0) is 24.3. The molecule has 12 heteroatoms. The molecule has 1 aromatic heterocycles. The van der Waals surface area contributed by atoms with Gasteiger partial charge in [-0.25, -0.2) is 17.6 Å². The molecular formula is C21H10F7N3OS. The first kappa shape index (κ1) is 24.1. The van der Waals surface area contributed by atoms with E-state index in [-0.39, 0.29) is 11.1 Å². The molecule has 1 heterocycles. The predicted octanol–water partition coefficient (Wildman–Crippen LogP) is 6.70. The Morgan fingerprint density at radius 3 is 2.24 bits per heavy atom. The van der Waals surface area contributed by atoms with Gasteiger partial charge in [-0.05, 0) is 48.2 Å². The van der Waals surface area contributed by atoms with Crippen molar-refractivity contribution in [2.45, 2.75) is 16.8 Å². The number of hydrogen-bond donors (Lipinski definition) is 1. The molecule has 1 N–H and O–H groups in total. The van der Waals surface area contributed by atoms with Crippen LogP contribution in [0.5, 0.6) is 0 Å². The van der Waals surface area contributed by atoms with Gasteiger partial charge in [0.2, 0.25) is 0 Å². The number of benzene rings is 2. The number of nitrogens with one attached hydrogen (secondary N) is 1. The number of anilines is 1. The number of rotatable bonds is 5. The molecule has 0 atom stereocenters. The zero-order valence-electron chi connectivity index (χ0n) is 16.1. The molecule has 0 fully saturated rings. The molecule has 3 aromatic rings. The van der Waals surface area contributed by atoms with Gasteiger partial charge >= 0.3 is 5.51 Å². The van der Waals surface area contributed by atoms with Gasteiger partial charge in [0.05, 0.1) is 22.8 Å². The van der Waals surface area contributed by atoms with Crippen LogP contribution in [-0.4, -0.2) is 16.4 Å². The Morgan fingerprint density at radius 2 is 1.73 bits per heavy atom. The lowest BCUT2D eigenvalue weighted by Gasteiger charge is -2.13. The van der Waals surface area contributed by atoms with Crippen molar-refractivity contribution in [3.63, 3.8) is 0 Å². The van der Waals surface area contributed by atoms with Gasteiger partial charge < -0.3 is 5.32 Å². The van der Waals surface area contributed by atoms with Crippen molar-refractivity contribution in [3.05, 3.63) is 77.1 Å². The lowest BCUT2D eigenvalue weighted by Crippen LogP contribution is -2.15. The Hall–Kier alpha value is -3.59. The van der Waals surface area contributed by atoms with Crippen molar-refractivity contribution in [1.29, 1.82) is 5.26 Å². The molecule has 3 rings (SSSR count). The number of pyridine rings is 1. The zero-order valence-corrected chi connectivity index (χ0v) is 16.9. The number of hydrogen-bond acceptors (Lipinski definition) is 4. The third kappa shape index (κ3) is 5.81. The number of amides is 1. The molecule has 0 saturated heterocycles. The van der Waals surface area contributed by atoms with Crippen LogP contribution in [0.25, 0.3) is 11.1 Å². The van der Waals surface area contributed by atoms with Gasteiger partial charge in [0.1, 0.15) is 17.3 Å². The normalized spacial score (nSPS) is 11.4. The quantitative estimate of drug-likeness (QED) is 0.323. The van der Waals surface area contributed by atoms with Crippen LogP contribution in [-0.2, 0) is 0 Å². The SMILES string of the molecule is N#Cc1ccc(SC(F)(F)F)c(C(=O)Nc2cc(F)c(-c3ccc(C(F)F)nc3)c(F)c2)c1. The maximum absolute atomic E-state index is 14.6. The summed E-state index contributed by atoms with van der Waals surface area (Å²) < 4.78 is 92.7. The third-order valence-electron chi connectivity index (χ3n) is 4.18. The highest BCUT2D eigenvalue weighted by atomic mass is 32.2. The van der Waals surface area contributed by atoms with Crippen molar-refractivity contribution in [1.82, 2.24) is 4.98 Å². The lowest BCUT2D eigenvalue weighted by atomic mass is 10.0. The molecule has 33 heavy (non-hydrogen) atoms. The van der Waals surface area contributed by atoms with Crippen LogP contribution in [0.4, 0.5) is 36.4 Å². The Bertz CT molecular complexity index is 1220. The van der Waals surface area contributed by atoms with Crippen molar-refractivity contribution in [3.8, 4) is 17.2 Å². The first-order valence-electron chi connectivity index (χ1n) is 8.83. The number of alkyl halides is 5. The van der Waals surface area contributed by atoms with E-state index in [1.54, 1.807) is 6.07 Å². The van der Waals surface area contributed by atoms with Crippen LogP contribution in [0.2, 0.25) is 0 Å². The van der Waals surface area contributed by atoms with E-state index in [1.165, 1.54) is 0 Å². The van der Waals surface area contributed by atoms with Crippen molar-refractivity contribution in [2.24, 2.45) is 0 Å². The van der Waals surface area contributed by atoms with E-state index < -0.39 is 68.6 Å². The van der Waals surface area contributed by atoms with Gasteiger partial charge in [0.25, 0.3) is 12.3 Å². The van der Waals surface area contributed by atoms with E-state index in [1.807, 2.05) is 0 Å². The van der Waals surface area contributed by atoms with Crippen LogP contribution in [0.15, 0.2) is 53.6 Å². The number of thioether (sulfide) groups is 1. The summed E-state index contributed by atoms with van der Waals surface area (Å²) in [6, 6.07) is 8.00. The monoisotopic (exact) mass is 485 g/mol. The van der Waals surface area contributed by atoms with E-state index in [2.05, 4.69) is 10.3 Å². The molecule has 0 aliphatic heterocycles. The van der Waals surface area contributed by atoms with Gasteiger partial charge in [-0.3, -0.25) is 9.78 Å². The maximum atomic E-state index is 14.6. The predicted molar refractivity (Wildman–Crippen MR) is 106 cm³/mol. The largest absolute Gasteiger partial charge is 0.446 e. The van der Waals surface area contributed by atoms with Crippen LogP contribution < -0.4 is 5.32 Å². The third-order valence-corrected chi connectivity index (χ3v) is 4.98. The van der Waals surface area contributed by atoms with Crippen molar-refractivity contribution in [2.75, 3.05) is 5.32 Å². The van der Waals surface area contributed by atoms with Gasteiger partial charge in [-0.15, -0.1) is 0 Å². The minimum Gasteiger partial charge on any atom is -0.322 e. The number of aromatic nitrogens is 1. The highest BCUT2D eigenvalue weighted by Crippen LogP contribution is 2.39. The smallest absolute Gasteiger partial charge is 0.322 e. The molecule has 0 aliphatic rings. The molecule has 0 radical (unpaired) electrons. The highest BCUT2D eigenvalue weighted by molar-refractivity contribution is 8.00. The number of nitriles is 1. The number of carbonyl (C=O) groups excluding carboxylic acids is 1. The first-order valence-corrected chi connectivity index (χ1v) is 9.65. The summed E-state index contributed by atoms with van der Waals surface area (Å²) in [5.74, 6) is -3.48. The second-order valence-corrected chi connectivity index (χ2v) is 7.52. The summed E-state index contributed by atoms with van der Waals surface area (Å²) in [6.45, 7) is 0. The standard InChI is InChI=1S/C21H10F7N3OS/c22-14-6-12(7-15(23)18(14)11-2-3-16(19(24)25)30-9-11)31-20(32)13-5-10(8-29)1-4-17(13)33-21(26,27)28/h1-7,9,19H,(H,31,32). The minimum absolute atomic E-state index is 0.0980. The van der Waals surface area contributed by atoms with E-state index in [4.69, 9.17) is 5.26 Å². The molecule has 0 bridgehead atoms. The summed E-state index contributed by atoms with van der Waals surface area (Å²) in [4.78, 5) is 15.5. The minimum atomic E-state index is -4.73. The molecule has 170 valence electrons. The number of nitrogens with zero attached hydrogens (tertiary/aromatic N) is 2. The number of halogens is 7. The van der Waals surface area contributed by atoms with Gasteiger partial charge in [0, 0.05) is 22.3 Å². The fourth-order valence-corrected chi connectivity index (χ4v) is 3.44. The van der Waals surface area contributed by atoms with Gasteiger partial charge in [-0.1, -0.05) is 6.07 Å². The van der Waals surface area contributed by atoms with Crippen LogP contribution >= 0.6 is 11.8 Å². The topological polar surface area (TPSA) is 65.8 Å². The molecule has 2 aromatic carbocycles. The van der Waals surface area contributed by atoms with E-state index >= 15 is 0 Å².